The van der Waals surface area contributed by atoms with Crippen molar-refractivity contribution in [2.75, 3.05) is 19.4 Å². The summed E-state index contributed by atoms with van der Waals surface area (Å²) in [5, 5.41) is 2.78. The fraction of sp³-hybridized carbons (Fsp3) is 0.192. The first-order chi connectivity index (χ1) is 17.3. The Morgan fingerprint density at radius 1 is 1.03 bits per heavy atom. The monoisotopic (exact) mass is 524 g/mol. The molecule has 0 saturated heterocycles. The lowest BCUT2D eigenvalue weighted by Gasteiger charge is -2.10. The minimum Gasteiger partial charge on any atom is -0.744 e. The Morgan fingerprint density at radius 2 is 1.70 bits per heavy atom. The lowest BCUT2D eigenvalue weighted by Crippen LogP contribution is -2.25. The maximum absolute atomic E-state index is 11.8. The normalized spacial score (nSPS) is 10.9. The number of hydrogen-bond acceptors (Lipinski definition) is 6. The van der Waals surface area contributed by atoms with Gasteiger partial charge in [-0.2, -0.15) is 0 Å². The first-order valence-electron chi connectivity index (χ1n) is 11.2. The zero-order chi connectivity index (χ0) is 27.3. The predicted molar refractivity (Wildman–Crippen MR) is 137 cm³/mol. The molecule has 10 nitrogen and oxygen atoms in total. The van der Waals surface area contributed by atoms with E-state index in [1.807, 2.05) is 65.7 Å². The van der Waals surface area contributed by atoms with Gasteiger partial charge in [0.2, 0.25) is 5.91 Å². The second-order valence-electron chi connectivity index (χ2n) is 8.50. The van der Waals surface area contributed by atoms with E-state index in [-0.39, 0.29) is 10.8 Å². The van der Waals surface area contributed by atoms with Crippen LogP contribution in [0.15, 0.2) is 78.0 Å². The Bertz CT molecular complexity index is 1540. The fourth-order valence-corrected chi connectivity index (χ4v) is 3.87. The molecule has 37 heavy (non-hydrogen) atoms. The third-order valence-electron chi connectivity index (χ3n) is 5.25. The van der Waals surface area contributed by atoms with E-state index in [1.54, 1.807) is 32.3 Å². The van der Waals surface area contributed by atoms with Gasteiger partial charge in [-0.3, -0.25) is 4.79 Å². The molecule has 0 aliphatic carbocycles. The van der Waals surface area contributed by atoms with Gasteiger partial charge in [0.05, 0.1) is 17.6 Å². The Kier molecular flexibility index (Phi) is 8.31. The molecule has 0 unspecified atom stereocenters. The average molecular weight is 525 g/mol. The molecule has 2 aromatic heterocycles. The maximum atomic E-state index is 11.8. The summed E-state index contributed by atoms with van der Waals surface area (Å²) >= 11 is 0. The molecular weight excluding hydrogens is 496 g/mol. The minimum atomic E-state index is -4.27. The quantitative estimate of drug-likeness (QED) is 0.322. The van der Waals surface area contributed by atoms with Crippen molar-refractivity contribution in [3.05, 3.63) is 78.6 Å². The van der Waals surface area contributed by atoms with Gasteiger partial charge in [0.1, 0.15) is 28.3 Å². The second-order valence-corrected chi connectivity index (χ2v) is 9.87. The molecule has 0 atom stereocenters. The molecule has 4 rings (SSSR count). The number of imidazole rings is 1. The summed E-state index contributed by atoms with van der Waals surface area (Å²) in [6.45, 7) is 3.30. The first-order valence-corrected chi connectivity index (χ1v) is 12.6. The Morgan fingerprint density at radius 3 is 2.30 bits per heavy atom. The number of aryl methyl sites for hydroxylation is 2. The van der Waals surface area contributed by atoms with Crippen molar-refractivity contribution >= 4 is 33.5 Å². The highest BCUT2D eigenvalue weighted by atomic mass is 32.2. The summed E-state index contributed by atoms with van der Waals surface area (Å²) in [7, 11) is 0.967. The number of aromatic nitrogens is 2. The van der Waals surface area contributed by atoms with E-state index in [1.165, 1.54) is 24.0 Å². The molecule has 11 heteroatoms. The SMILES string of the molecule is CC(=O)Nc1ccc2n(C)c(-c3cccc(OC(=O)N(C)C)c3)c[n+]2c1.Cc1ccc(S(=O)(=O)[O-])cc1. The number of hydrogen-bond donors (Lipinski definition) is 1. The lowest BCUT2D eigenvalue weighted by atomic mass is 10.1. The molecule has 2 aromatic carbocycles. The van der Waals surface area contributed by atoms with Crippen molar-refractivity contribution in [1.29, 1.82) is 0 Å². The van der Waals surface area contributed by atoms with Crippen molar-refractivity contribution in [2.45, 2.75) is 18.7 Å². The molecule has 194 valence electrons. The molecule has 0 spiro atoms. The standard InChI is InChI=1S/C19H20N4O3.C7H8O3S/c1-13(24)20-15-8-9-18-22(4)17(12-23(18)11-15)14-6-5-7-16(10-14)26-19(25)21(2)3;1-6-2-4-7(5-3-6)11(8,9)10/h5-12H,1-4H3;2-5H,1H3,(H,8,9,10). The largest absolute Gasteiger partial charge is 0.744 e. The minimum absolute atomic E-state index is 0.114. The van der Waals surface area contributed by atoms with Crippen molar-refractivity contribution in [3.63, 3.8) is 0 Å². The van der Waals surface area contributed by atoms with Gasteiger partial charge in [-0.1, -0.05) is 29.8 Å². The molecule has 0 radical (unpaired) electrons. The fourth-order valence-electron chi connectivity index (χ4n) is 3.40. The van der Waals surface area contributed by atoms with E-state index in [9.17, 15) is 22.6 Å². The summed E-state index contributed by atoms with van der Waals surface area (Å²) in [6.07, 6.45) is 3.40. The highest BCUT2D eigenvalue weighted by Crippen LogP contribution is 2.25. The van der Waals surface area contributed by atoms with Gasteiger partial charge in [-0.05, 0) is 37.3 Å². The van der Waals surface area contributed by atoms with Crippen LogP contribution in [0.5, 0.6) is 5.75 Å². The number of ether oxygens (including phenoxy) is 1. The Hall–Kier alpha value is -4.22. The van der Waals surface area contributed by atoms with Gasteiger partial charge in [0.25, 0.3) is 5.65 Å². The van der Waals surface area contributed by atoms with Crippen molar-refractivity contribution in [3.8, 4) is 17.0 Å². The van der Waals surface area contributed by atoms with Gasteiger partial charge < -0.3 is 19.5 Å². The van der Waals surface area contributed by atoms with Crippen LogP contribution in [0.4, 0.5) is 10.5 Å². The number of carbonyl (C=O) groups excluding carboxylic acids is 2. The van der Waals surface area contributed by atoms with Crippen LogP contribution in [-0.4, -0.2) is 48.5 Å². The van der Waals surface area contributed by atoms with Crippen LogP contribution in [0.3, 0.4) is 0 Å². The number of pyridine rings is 1. The summed E-state index contributed by atoms with van der Waals surface area (Å²) in [6, 6.07) is 16.9. The van der Waals surface area contributed by atoms with E-state index in [4.69, 9.17) is 4.74 Å². The number of carbonyl (C=O) groups is 2. The first kappa shape index (κ1) is 27.4. The number of benzene rings is 2. The van der Waals surface area contributed by atoms with E-state index >= 15 is 0 Å². The molecule has 1 N–H and O–H groups in total. The van der Waals surface area contributed by atoms with Crippen LogP contribution in [0.2, 0.25) is 0 Å². The average Bonchev–Trinajstić information content (AvgIpc) is 3.14. The number of anilines is 1. The van der Waals surface area contributed by atoms with Crippen LogP contribution in [0.1, 0.15) is 12.5 Å². The number of nitrogens with one attached hydrogen (secondary N) is 1. The van der Waals surface area contributed by atoms with Crippen LogP contribution in [-0.2, 0) is 22.0 Å². The zero-order valence-corrected chi connectivity index (χ0v) is 21.9. The van der Waals surface area contributed by atoms with E-state index in [2.05, 4.69) is 5.32 Å². The maximum Gasteiger partial charge on any atom is 0.414 e. The van der Waals surface area contributed by atoms with E-state index < -0.39 is 16.2 Å². The Balaban J connectivity index is 0.000000289. The molecule has 2 amide bonds. The van der Waals surface area contributed by atoms with Crippen molar-refractivity contribution in [1.82, 2.24) is 9.47 Å². The highest BCUT2D eigenvalue weighted by molar-refractivity contribution is 7.85. The molecule has 0 saturated carbocycles. The summed E-state index contributed by atoms with van der Waals surface area (Å²) in [4.78, 5) is 24.2. The Labute approximate surface area is 215 Å². The van der Waals surface area contributed by atoms with Crippen molar-refractivity contribution < 1.29 is 31.7 Å². The third kappa shape index (κ3) is 7.15. The van der Waals surface area contributed by atoms with Crippen LogP contribution in [0.25, 0.3) is 16.9 Å². The van der Waals surface area contributed by atoms with Gasteiger partial charge >= 0.3 is 6.09 Å². The van der Waals surface area contributed by atoms with Crippen LogP contribution >= 0.6 is 0 Å². The smallest absolute Gasteiger partial charge is 0.414 e. The molecule has 0 aliphatic heterocycles. The van der Waals surface area contributed by atoms with E-state index in [0.29, 0.717) is 5.75 Å². The molecule has 0 bridgehead atoms. The predicted octanol–water partition coefficient (Wildman–Crippen LogP) is 3.35. The van der Waals surface area contributed by atoms with Gasteiger partial charge in [0, 0.05) is 32.6 Å². The lowest BCUT2D eigenvalue weighted by molar-refractivity contribution is -0.509. The van der Waals surface area contributed by atoms with Crippen LogP contribution < -0.4 is 14.5 Å². The summed E-state index contributed by atoms with van der Waals surface area (Å²) in [5.74, 6) is 0.368. The molecule has 4 aromatic rings. The molecule has 2 heterocycles. The third-order valence-corrected chi connectivity index (χ3v) is 6.10. The van der Waals surface area contributed by atoms with Crippen LogP contribution in [0, 0.1) is 6.92 Å². The van der Waals surface area contributed by atoms with Crippen molar-refractivity contribution in [2.24, 2.45) is 7.05 Å². The molecule has 0 aliphatic rings. The molecule has 0 fully saturated rings. The van der Waals surface area contributed by atoms with Gasteiger partial charge in [-0.25, -0.2) is 22.2 Å². The topological polar surface area (TPSA) is 125 Å². The second kappa shape index (κ2) is 11.2. The summed E-state index contributed by atoms with van der Waals surface area (Å²) < 4.78 is 40.5. The highest BCUT2D eigenvalue weighted by Gasteiger charge is 2.17. The number of amides is 2. The van der Waals surface area contributed by atoms with Gasteiger partial charge in [-0.15, -0.1) is 0 Å². The number of rotatable bonds is 4. The van der Waals surface area contributed by atoms with Gasteiger partial charge in [0.15, 0.2) is 5.69 Å². The molecular formula is C26H28N4O6S. The summed E-state index contributed by atoms with van der Waals surface area (Å²) in [5.41, 5.74) is 4.48. The number of nitrogens with zero attached hydrogens (tertiary/aromatic N) is 3. The van der Waals surface area contributed by atoms with E-state index in [0.717, 1.165) is 28.2 Å². The number of fused-ring (bicyclic) bond motifs is 1. The zero-order valence-electron chi connectivity index (χ0n) is 21.1.